The monoisotopic (exact) mass is 184 g/mol. The average Bonchev–Trinajstić information content (AvgIpc) is 2.47. The molecule has 1 atom stereocenters. The van der Waals surface area contributed by atoms with Gasteiger partial charge >= 0.3 is 0 Å². The number of nitrogens with one attached hydrogen (secondary N) is 1. The highest BCUT2D eigenvalue weighted by Crippen LogP contribution is 2.04. The van der Waals surface area contributed by atoms with E-state index in [1.807, 2.05) is 13.8 Å². The number of ether oxygens (including phenoxy) is 1. The highest BCUT2D eigenvalue weighted by atomic mass is 16.5. The molecule has 0 fully saturated rings. The summed E-state index contributed by atoms with van der Waals surface area (Å²) in [6.07, 6.45) is 1.74. The molecule has 1 amide bonds. The lowest BCUT2D eigenvalue weighted by Crippen LogP contribution is -2.30. The van der Waals surface area contributed by atoms with E-state index >= 15 is 0 Å². The maximum atomic E-state index is 11.2. The van der Waals surface area contributed by atoms with E-state index in [9.17, 15) is 4.79 Å². The van der Waals surface area contributed by atoms with Crippen LogP contribution in [0.5, 0.6) is 0 Å². The Kier molecular flexibility index (Phi) is 3.89. The maximum Gasteiger partial charge on any atom is 0.250 e. The Morgan fingerprint density at radius 2 is 2.31 bits per heavy atom. The number of rotatable bonds is 5. The molecule has 1 heterocycles. The summed E-state index contributed by atoms with van der Waals surface area (Å²) < 4.78 is 5.26. The number of carbonyl (C=O) groups is 1. The molecule has 0 bridgehead atoms. The van der Waals surface area contributed by atoms with E-state index in [0.717, 1.165) is 12.8 Å². The van der Waals surface area contributed by atoms with Gasteiger partial charge in [-0.1, -0.05) is 13.8 Å². The van der Waals surface area contributed by atoms with Gasteiger partial charge in [-0.25, -0.2) is 0 Å². The second-order valence-corrected chi connectivity index (χ2v) is 3.04. The zero-order valence-corrected chi connectivity index (χ0v) is 8.17. The van der Waals surface area contributed by atoms with Crippen molar-refractivity contribution in [2.24, 2.45) is 4.99 Å². The fraction of sp³-hybridized carbons (Fsp3) is 0.778. The molecule has 4 nitrogen and oxygen atoms in total. The Labute approximate surface area is 78.4 Å². The third-order valence-corrected chi connectivity index (χ3v) is 1.86. The van der Waals surface area contributed by atoms with Crippen LogP contribution in [0.25, 0.3) is 0 Å². The molecule has 0 saturated carbocycles. The van der Waals surface area contributed by atoms with Crippen LogP contribution in [0, 0.1) is 0 Å². The summed E-state index contributed by atoms with van der Waals surface area (Å²) in [5, 5.41) is 2.70. The summed E-state index contributed by atoms with van der Waals surface area (Å²) in [5.41, 5.74) is 0. The van der Waals surface area contributed by atoms with Gasteiger partial charge in [0, 0.05) is 6.61 Å². The van der Waals surface area contributed by atoms with Crippen LogP contribution in [0.15, 0.2) is 4.99 Å². The van der Waals surface area contributed by atoms with Crippen LogP contribution >= 0.6 is 0 Å². The highest BCUT2D eigenvalue weighted by molar-refractivity contribution is 6.06. The van der Waals surface area contributed by atoms with Gasteiger partial charge in [0.25, 0.3) is 0 Å². The Balaban J connectivity index is 2.32. The van der Waals surface area contributed by atoms with Gasteiger partial charge in [-0.05, 0) is 12.8 Å². The lowest BCUT2D eigenvalue weighted by atomic mass is 10.2. The smallest absolute Gasteiger partial charge is 0.250 e. The van der Waals surface area contributed by atoms with Gasteiger partial charge in [-0.3, -0.25) is 9.79 Å². The van der Waals surface area contributed by atoms with E-state index in [2.05, 4.69) is 10.3 Å². The van der Waals surface area contributed by atoms with Crippen LogP contribution in [0.1, 0.15) is 26.7 Å². The number of carbonyl (C=O) groups excluding carboxylic acids is 1. The van der Waals surface area contributed by atoms with Crippen LogP contribution < -0.4 is 5.32 Å². The van der Waals surface area contributed by atoms with E-state index < -0.39 is 0 Å². The Morgan fingerprint density at radius 3 is 2.85 bits per heavy atom. The summed E-state index contributed by atoms with van der Waals surface area (Å²) in [6, 6.07) is -0.194. The molecular formula is C9H16N2O2. The summed E-state index contributed by atoms with van der Waals surface area (Å²) >= 11 is 0. The molecule has 1 aliphatic rings. The molecule has 1 unspecified atom stereocenters. The second kappa shape index (κ2) is 4.97. The summed E-state index contributed by atoms with van der Waals surface area (Å²) in [6.45, 7) is 5.13. The van der Waals surface area contributed by atoms with Crippen molar-refractivity contribution < 1.29 is 9.53 Å². The van der Waals surface area contributed by atoms with Crippen LogP contribution in [-0.4, -0.2) is 31.0 Å². The van der Waals surface area contributed by atoms with Crippen molar-refractivity contribution in [3.05, 3.63) is 0 Å². The summed E-state index contributed by atoms with van der Waals surface area (Å²) in [7, 11) is 0. The third-order valence-electron chi connectivity index (χ3n) is 1.86. The Hall–Kier alpha value is -0.900. The third kappa shape index (κ3) is 2.81. The number of hydrogen-bond acceptors (Lipinski definition) is 3. The molecule has 1 N–H and O–H groups in total. The van der Waals surface area contributed by atoms with Gasteiger partial charge in [-0.2, -0.15) is 0 Å². The van der Waals surface area contributed by atoms with Crippen molar-refractivity contribution in [1.82, 2.24) is 5.32 Å². The molecule has 13 heavy (non-hydrogen) atoms. The van der Waals surface area contributed by atoms with Gasteiger partial charge < -0.3 is 10.1 Å². The van der Waals surface area contributed by atoms with E-state index in [0.29, 0.717) is 19.0 Å². The first kappa shape index (κ1) is 10.2. The van der Waals surface area contributed by atoms with Crippen molar-refractivity contribution in [1.29, 1.82) is 0 Å². The van der Waals surface area contributed by atoms with E-state index in [1.54, 1.807) is 0 Å². The lowest BCUT2D eigenvalue weighted by Gasteiger charge is -2.00. The molecule has 0 aromatic carbocycles. The number of hydrogen-bond donors (Lipinski definition) is 1. The first-order valence-corrected chi connectivity index (χ1v) is 4.73. The number of amidine groups is 1. The summed E-state index contributed by atoms with van der Waals surface area (Å²) in [4.78, 5) is 15.4. The SMILES string of the molecule is CCCOCC1=NC(CC)C(=O)N1. The maximum absolute atomic E-state index is 11.2. The van der Waals surface area contributed by atoms with Gasteiger partial charge in [0.2, 0.25) is 5.91 Å². The standard InChI is InChI=1S/C9H16N2O2/c1-3-5-13-6-8-10-7(4-2)9(12)11-8/h7H,3-6H2,1-2H3,(H,10,11,12). The normalized spacial score (nSPS) is 21.5. The van der Waals surface area contributed by atoms with Crippen LogP contribution in [-0.2, 0) is 9.53 Å². The van der Waals surface area contributed by atoms with Crippen molar-refractivity contribution in [3.8, 4) is 0 Å². The molecule has 1 rings (SSSR count). The number of aliphatic imine (C=N–C) groups is 1. The Morgan fingerprint density at radius 1 is 1.54 bits per heavy atom. The molecule has 0 aromatic rings. The molecule has 0 radical (unpaired) electrons. The van der Waals surface area contributed by atoms with Crippen molar-refractivity contribution in [3.63, 3.8) is 0 Å². The van der Waals surface area contributed by atoms with Crippen LogP contribution in [0.3, 0.4) is 0 Å². The number of amides is 1. The van der Waals surface area contributed by atoms with Gasteiger partial charge in [0.1, 0.15) is 18.5 Å². The van der Waals surface area contributed by atoms with E-state index in [-0.39, 0.29) is 11.9 Å². The molecule has 74 valence electrons. The fourth-order valence-electron chi connectivity index (χ4n) is 1.17. The van der Waals surface area contributed by atoms with E-state index in [4.69, 9.17) is 4.74 Å². The van der Waals surface area contributed by atoms with E-state index in [1.165, 1.54) is 0 Å². The van der Waals surface area contributed by atoms with Crippen molar-refractivity contribution in [2.45, 2.75) is 32.7 Å². The largest absolute Gasteiger partial charge is 0.374 e. The first-order valence-electron chi connectivity index (χ1n) is 4.73. The predicted octanol–water partition coefficient (Wildman–Crippen LogP) is 0.720. The minimum Gasteiger partial charge on any atom is -0.374 e. The molecular weight excluding hydrogens is 168 g/mol. The fourth-order valence-corrected chi connectivity index (χ4v) is 1.17. The highest BCUT2D eigenvalue weighted by Gasteiger charge is 2.23. The lowest BCUT2D eigenvalue weighted by molar-refractivity contribution is -0.120. The minimum atomic E-state index is -0.194. The predicted molar refractivity (Wildman–Crippen MR) is 50.8 cm³/mol. The molecule has 1 aliphatic heterocycles. The molecule has 4 heteroatoms. The molecule has 0 saturated heterocycles. The van der Waals surface area contributed by atoms with Crippen LogP contribution in [0.2, 0.25) is 0 Å². The van der Waals surface area contributed by atoms with Gasteiger partial charge in [-0.15, -0.1) is 0 Å². The van der Waals surface area contributed by atoms with Crippen molar-refractivity contribution in [2.75, 3.05) is 13.2 Å². The number of nitrogens with zero attached hydrogens (tertiary/aromatic N) is 1. The van der Waals surface area contributed by atoms with Crippen molar-refractivity contribution >= 4 is 11.7 Å². The molecule has 0 aromatic heterocycles. The van der Waals surface area contributed by atoms with Crippen LogP contribution in [0.4, 0.5) is 0 Å². The van der Waals surface area contributed by atoms with Gasteiger partial charge in [0.15, 0.2) is 0 Å². The topological polar surface area (TPSA) is 50.7 Å². The average molecular weight is 184 g/mol. The zero-order chi connectivity index (χ0) is 9.68. The first-order chi connectivity index (χ1) is 6.27. The molecule has 0 spiro atoms. The quantitative estimate of drug-likeness (QED) is 0.640. The van der Waals surface area contributed by atoms with Gasteiger partial charge in [0.05, 0.1) is 0 Å². The Bertz CT molecular complexity index is 214. The zero-order valence-electron chi connectivity index (χ0n) is 8.17. The minimum absolute atomic E-state index is 0.00222. The molecule has 0 aliphatic carbocycles. The second-order valence-electron chi connectivity index (χ2n) is 3.04. The summed E-state index contributed by atoms with van der Waals surface area (Å²) in [5.74, 6) is 0.669.